The van der Waals surface area contributed by atoms with Crippen LogP contribution in [0.3, 0.4) is 0 Å². The van der Waals surface area contributed by atoms with Crippen LogP contribution in [0.5, 0.6) is 0 Å². The summed E-state index contributed by atoms with van der Waals surface area (Å²) in [6.07, 6.45) is 8.25. The van der Waals surface area contributed by atoms with Crippen LogP contribution in [-0.2, 0) is 6.54 Å². The Kier molecular flexibility index (Phi) is 4.27. The molecule has 1 aromatic rings. The number of hydrogen-bond donors (Lipinski definition) is 3. The van der Waals surface area contributed by atoms with E-state index >= 15 is 0 Å². The average Bonchev–Trinajstić information content (AvgIpc) is 2.92. The van der Waals surface area contributed by atoms with Crippen molar-refractivity contribution in [1.82, 2.24) is 10.6 Å². The SMILES string of the molecule is CNC(=S)NC1C[C@H]2CCC[C@H](C1)[NH+]2Cc1ccco1. The molecule has 2 atom stereocenters. The maximum atomic E-state index is 5.54. The number of nitrogens with one attached hydrogen (secondary N) is 3. The zero-order valence-corrected chi connectivity index (χ0v) is 12.8. The van der Waals surface area contributed by atoms with Crippen molar-refractivity contribution in [3.8, 4) is 0 Å². The van der Waals surface area contributed by atoms with Gasteiger partial charge in [0.15, 0.2) is 10.9 Å². The van der Waals surface area contributed by atoms with Crippen molar-refractivity contribution < 1.29 is 9.32 Å². The van der Waals surface area contributed by atoms with Crippen LogP contribution in [0.15, 0.2) is 22.8 Å². The van der Waals surface area contributed by atoms with Crippen LogP contribution in [0, 0.1) is 0 Å². The molecule has 0 aromatic carbocycles. The van der Waals surface area contributed by atoms with Crippen LogP contribution in [-0.4, -0.2) is 30.3 Å². The second kappa shape index (κ2) is 6.14. The van der Waals surface area contributed by atoms with Gasteiger partial charge in [-0.3, -0.25) is 0 Å². The summed E-state index contributed by atoms with van der Waals surface area (Å²) >= 11 is 5.25. The van der Waals surface area contributed by atoms with Gasteiger partial charge < -0.3 is 20.0 Å². The quantitative estimate of drug-likeness (QED) is 0.723. The Morgan fingerprint density at radius 3 is 2.75 bits per heavy atom. The van der Waals surface area contributed by atoms with Gasteiger partial charge in [0.05, 0.1) is 18.3 Å². The van der Waals surface area contributed by atoms with Crippen LogP contribution >= 0.6 is 12.2 Å². The molecule has 4 nitrogen and oxygen atoms in total. The standard InChI is InChI=1S/C15H23N3OS/c1-16-15(20)17-11-8-12-4-2-5-13(9-11)18(12)10-14-6-3-7-19-14/h3,6-7,11-13H,2,4-5,8-10H2,1H3,(H2,16,17,20)/p+1/t12-,13-/m1/s1. The molecule has 3 heterocycles. The van der Waals surface area contributed by atoms with Gasteiger partial charge in [0.1, 0.15) is 6.54 Å². The van der Waals surface area contributed by atoms with E-state index in [0.29, 0.717) is 6.04 Å². The minimum Gasteiger partial charge on any atom is -0.463 e. The number of rotatable bonds is 3. The van der Waals surface area contributed by atoms with E-state index < -0.39 is 0 Å². The highest BCUT2D eigenvalue weighted by Crippen LogP contribution is 2.22. The summed E-state index contributed by atoms with van der Waals surface area (Å²) in [6, 6.07) is 6.10. The maximum Gasteiger partial charge on any atom is 0.166 e. The fourth-order valence-electron chi connectivity index (χ4n) is 3.91. The smallest absolute Gasteiger partial charge is 0.166 e. The third-order valence-corrected chi connectivity index (χ3v) is 5.13. The summed E-state index contributed by atoms with van der Waals surface area (Å²) in [5.74, 6) is 1.12. The molecule has 0 radical (unpaired) electrons. The zero-order chi connectivity index (χ0) is 13.9. The first-order valence-corrected chi connectivity index (χ1v) is 8.03. The molecule has 0 amide bonds. The van der Waals surface area contributed by atoms with Crippen molar-refractivity contribution in [2.75, 3.05) is 7.05 Å². The molecule has 2 fully saturated rings. The molecule has 5 heteroatoms. The van der Waals surface area contributed by atoms with Gasteiger partial charge in [-0.1, -0.05) is 0 Å². The number of furan rings is 1. The Hall–Kier alpha value is -1.07. The van der Waals surface area contributed by atoms with Gasteiger partial charge in [-0.25, -0.2) is 0 Å². The van der Waals surface area contributed by atoms with E-state index in [0.717, 1.165) is 29.5 Å². The van der Waals surface area contributed by atoms with Crippen molar-refractivity contribution in [1.29, 1.82) is 0 Å². The Balaban J connectivity index is 1.65. The number of piperidine rings is 2. The van der Waals surface area contributed by atoms with Gasteiger partial charge in [-0.05, 0) is 43.6 Å². The summed E-state index contributed by atoms with van der Waals surface area (Å²) in [5.41, 5.74) is 0. The molecule has 2 aliphatic rings. The van der Waals surface area contributed by atoms with E-state index in [1.807, 2.05) is 13.1 Å². The third kappa shape index (κ3) is 2.99. The van der Waals surface area contributed by atoms with Crippen LogP contribution in [0.4, 0.5) is 0 Å². The van der Waals surface area contributed by atoms with Gasteiger partial charge in [0.25, 0.3) is 0 Å². The summed E-state index contributed by atoms with van der Waals surface area (Å²) in [4.78, 5) is 1.72. The van der Waals surface area contributed by atoms with E-state index in [2.05, 4.69) is 16.7 Å². The van der Waals surface area contributed by atoms with Crippen LogP contribution < -0.4 is 15.5 Å². The third-order valence-electron chi connectivity index (χ3n) is 4.81. The summed E-state index contributed by atoms with van der Waals surface area (Å²) in [6.45, 7) is 1.03. The summed E-state index contributed by atoms with van der Waals surface area (Å²) < 4.78 is 5.54. The van der Waals surface area contributed by atoms with E-state index in [1.54, 1.807) is 11.2 Å². The average molecular weight is 294 g/mol. The van der Waals surface area contributed by atoms with Gasteiger partial charge in [0.2, 0.25) is 0 Å². The lowest BCUT2D eigenvalue weighted by Crippen LogP contribution is -3.20. The lowest BCUT2D eigenvalue weighted by molar-refractivity contribution is -0.974. The van der Waals surface area contributed by atoms with Gasteiger partial charge in [-0.2, -0.15) is 0 Å². The molecular weight excluding hydrogens is 270 g/mol. The molecule has 0 spiro atoms. The van der Waals surface area contributed by atoms with E-state index in [9.17, 15) is 0 Å². The van der Waals surface area contributed by atoms with Crippen molar-refractivity contribution in [2.24, 2.45) is 0 Å². The highest BCUT2D eigenvalue weighted by molar-refractivity contribution is 7.80. The first-order chi connectivity index (χ1) is 9.76. The predicted molar refractivity (Wildman–Crippen MR) is 82.6 cm³/mol. The molecule has 1 aromatic heterocycles. The van der Waals surface area contributed by atoms with Crippen molar-refractivity contribution in [3.05, 3.63) is 24.2 Å². The fraction of sp³-hybridized carbons (Fsp3) is 0.667. The molecule has 3 rings (SSSR count). The maximum absolute atomic E-state index is 5.54. The normalized spacial score (nSPS) is 32.6. The van der Waals surface area contributed by atoms with Gasteiger partial charge in [0, 0.05) is 25.9 Å². The van der Waals surface area contributed by atoms with E-state index in [-0.39, 0.29) is 0 Å². The number of hydrogen-bond acceptors (Lipinski definition) is 2. The Labute approximate surface area is 125 Å². The number of fused-ring (bicyclic) bond motifs is 2. The molecule has 110 valence electrons. The van der Waals surface area contributed by atoms with Crippen molar-refractivity contribution in [2.45, 2.75) is 56.8 Å². The second-order valence-electron chi connectivity index (χ2n) is 6.05. The lowest BCUT2D eigenvalue weighted by atomic mass is 9.81. The highest BCUT2D eigenvalue weighted by Gasteiger charge is 2.42. The van der Waals surface area contributed by atoms with E-state index in [1.165, 1.54) is 32.1 Å². The van der Waals surface area contributed by atoms with Crippen LogP contribution in [0.25, 0.3) is 0 Å². The Morgan fingerprint density at radius 2 is 2.15 bits per heavy atom. The summed E-state index contributed by atoms with van der Waals surface area (Å²) in [7, 11) is 1.88. The number of thiocarbonyl (C=S) groups is 1. The van der Waals surface area contributed by atoms with Crippen LogP contribution in [0.2, 0.25) is 0 Å². The van der Waals surface area contributed by atoms with Crippen molar-refractivity contribution in [3.63, 3.8) is 0 Å². The van der Waals surface area contributed by atoms with Gasteiger partial charge >= 0.3 is 0 Å². The molecule has 0 unspecified atom stereocenters. The molecule has 2 bridgehead atoms. The molecule has 3 N–H and O–H groups in total. The molecule has 2 aliphatic heterocycles. The van der Waals surface area contributed by atoms with Gasteiger partial charge in [-0.15, -0.1) is 0 Å². The Morgan fingerprint density at radius 1 is 1.40 bits per heavy atom. The topological polar surface area (TPSA) is 41.6 Å². The van der Waals surface area contributed by atoms with Crippen LogP contribution in [0.1, 0.15) is 37.9 Å². The zero-order valence-electron chi connectivity index (χ0n) is 12.0. The molecule has 0 aliphatic carbocycles. The minimum atomic E-state index is 0.533. The fourth-order valence-corrected chi connectivity index (χ4v) is 4.08. The lowest BCUT2D eigenvalue weighted by Gasteiger charge is -2.45. The monoisotopic (exact) mass is 294 g/mol. The Bertz CT molecular complexity index is 434. The highest BCUT2D eigenvalue weighted by atomic mass is 32.1. The predicted octanol–water partition coefficient (Wildman–Crippen LogP) is 0.842. The molecule has 20 heavy (non-hydrogen) atoms. The molecular formula is C15H24N3OS+. The first kappa shape index (κ1) is 13.9. The largest absolute Gasteiger partial charge is 0.463 e. The summed E-state index contributed by atoms with van der Waals surface area (Å²) in [5, 5.41) is 7.26. The first-order valence-electron chi connectivity index (χ1n) is 7.62. The van der Waals surface area contributed by atoms with Crippen molar-refractivity contribution >= 4 is 17.3 Å². The second-order valence-corrected chi connectivity index (χ2v) is 6.46. The minimum absolute atomic E-state index is 0.533. The van der Waals surface area contributed by atoms with E-state index in [4.69, 9.17) is 16.6 Å². The number of quaternary nitrogens is 1. The molecule has 0 saturated carbocycles. The molecule has 2 saturated heterocycles.